The fraction of sp³-hybridized carbons (Fsp3) is 0.100. The maximum absolute atomic E-state index is 11.9. The molecule has 0 aromatic carbocycles. The van der Waals surface area contributed by atoms with E-state index < -0.39 is 10.0 Å². The fourth-order valence-corrected chi connectivity index (χ4v) is 2.72. The molecule has 2 aromatic heterocycles. The van der Waals surface area contributed by atoms with E-state index >= 15 is 0 Å². The largest absolute Gasteiger partial charge is 0.262 e. The van der Waals surface area contributed by atoms with E-state index in [1.54, 1.807) is 12.1 Å². The molecule has 0 spiro atoms. The van der Waals surface area contributed by atoms with Crippen LogP contribution in [-0.2, 0) is 16.6 Å². The molecule has 0 aliphatic heterocycles. The zero-order chi connectivity index (χ0) is 13.0. The van der Waals surface area contributed by atoms with Crippen molar-refractivity contribution in [2.75, 3.05) is 0 Å². The van der Waals surface area contributed by atoms with Gasteiger partial charge in [0.2, 0.25) is 10.0 Å². The van der Waals surface area contributed by atoms with Crippen molar-refractivity contribution in [1.29, 1.82) is 0 Å². The zero-order valence-electron chi connectivity index (χ0n) is 9.12. The van der Waals surface area contributed by atoms with Crippen molar-refractivity contribution >= 4 is 26.0 Å². The summed E-state index contributed by atoms with van der Waals surface area (Å²) >= 11 is 3.17. The van der Waals surface area contributed by atoms with Gasteiger partial charge in [0.25, 0.3) is 0 Å². The fourth-order valence-electron chi connectivity index (χ4n) is 1.22. The number of sulfonamides is 1. The van der Waals surface area contributed by atoms with Crippen LogP contribution >= 0.6 is 15.9 Å². The highest BCUT2D eigenvalue weighted by Crippen LogP contribution is 2.14. The lowest BCUT2D eigenvalue weighted by atomic mass is 10.4. The Morgan fingerprint density at radius 2 is 2.17 bits per heavy atom. The highest BCUT2D eigenvalue weighted by molar-refractivity contribution is 9.10. The van der Waals surface area contributed by atoms with Crippen molar-refractivity contribution in [3.8, 4) is 0 Å². The van der Waals surface area contributed by atoms with Crippen LogP contribution in [0.15, 0.2) is 46.2 Å². The third-order valence-corrected chi connectivity index (χ3v) is 3.86. The summed E-state index contributed by atoms with van der Waals surface area (Å²) in [5.74, 6) is 0. The topological polar surface area (TPSA) is 84.8 Å². The average Bonchev–Trinajstić information content (AvgIpc) is 2.38. The van der Waals surface area contributed by atoms with Crippen molar-refractivity contribution in [2.24, 2.45) is 0 Å². The van der Waals surface area contributed by atoms with Gasteiger partial charge in [-0.15, -0.1) is 0 Å². The summed E-state index contributed by atoms with van der Waals surface area (Å²) in [5, 5.41) is 7.46. The predicted molar refractivity (Wildman–Crippen MR) is 68.0 cm³/mol. The molecule has 0 saturated carbocycles. The van der Waals surface area contributed by atoms with Crippen LogP contribution in [-0.4, -0.2) is 23.6 Å². The molecule has 94 valence electrons. The summed E-state index contributed by atoms with van der Waals surface area (Å²) in [5.41, 5.74) is 0.545. The molecule has 0 fully saturated rings. The van der Waals surface area contributed by atoms with Crippen LogP contribution in [0.25, 0.3) is 0 Å². The molecule has 0 unspecified atom stereocenters. The summed E-state index contributed by atoms with van der Waals surface area (Å²) in [6.45, 7) is 0.0860. The Morgan fingerprint density at radius 1 is 1.33 bits per heavy atom. The van der Waals surface area contributed by atoms with Gasteiger partial charge in [0, 0.05) is 23.1 Å². The normalized spacial score (nSPS) is 11.4. The molecule has 18 heavy (non-hydrogen) atoms. The Bertz CT molecular complexity index is 633. The lowest BCUT2D eigenvalue weighted by molar-refractivity contribution is 0.579. The van der Waals surface area contributed by atoms with Crippen LogP contribution in [0.2, 0.25) is 0 Å². The average molecular weight is 329 g/mol. The van der Waals surface area contributed by atoms with Crippen LogP contribution in [0.5, 0.6) is 0 Å². The minimum absolute atomic E-state index is 0.0860. The standard InChI is InChI=1S/C10H9BrN4O2S/c11-8-4-10(7-12-5-8)18(16,17)14-6-9-2-1-3-13-15-9/h1-5,7,14H,6H2. The second-order valence-corrected chi connectivity index (χ2v) is 6.06. The maximum atomic E-state index is 11.9. The number of pyridine rings is 1. The number of nitrogens with one attached hydrogen (secondary N) is 1. The molecule has 2 aromatic rings. The number of rotatable bonds is 4. The Balaban J connectivity index is 2.13. The van der Waals surface area contributed by atoms with E-state index in [2.05, 4.69) is 35.8 Å². The number of halogens is 1. The Morgan fingerprint density at radius 3 is 2.83 bits per heavy atom. The van der Waals surface area contributed by atoms with Gasteiger partial charge in [-0.2, -0.15) is 10.2 Å². The molecule has 2 heterocycles. The molecule has 0 bridgehead atoms. The molecule has 0 aliphatic carbocycles. The predicted octanol–water partition coefficient (Wildman–Crippen LogP) is 1.11. The summed E-state index contributed by atoms with van der Waals surface area (Å²) < 4.78 is 26.9. The minimum atomic E-state index is -3.59. The van der Waals surface area contributed by atoms with Gasteiger partial charge in [0.15, 0.2) is 0 Å². The van der Waals surface area contributed by atoms with Crippen LogP contribution in [0.4, 0.5) is 0 Å². The third kappa shape index (κ3) is 3.31. The molecule has 0 amide bonds. The van der Waals surface area contributed by atoms with Gasteiger partial charge in [-0.05, 0) is 34.1 Å². The first-order valence-electron chi connectivity index (χ1n) is 4.95. The molecule has 6 nitrogen and oxygen atoms in total. The third-order valence-electron chi connectivity index (χ3n) is 2.06. The molecule has 8 heteroatoms. The quantitative estimate of drug-likeness (QED) is 0.908. The van der Waals surface area contributed by atoms with Crippen LogP contribution in [0.3, 0.4) is 0 Å². The van der Waals surface area contributed by atoms with Crippen LogP contribution in [0, 0.1) is 0 Å². The van der Waals surface area contributed by atoms with Gasteiger partial charge in [-0.3, -0.25) is 4.98 Å². The lowest BCUT2D eigenvalue weighted by Gasteiger charge is -2.05. The summed E-state index contributed by atoms with van der Waals surface area (Å²) in [7, 11) is -3.59. The lowest BCUT2D eigenvalue weighted by Crippen LogP contribution is -2.24. The first-order valence-corrected chi connectivity index (χ1v) is 7.22. The molecule has 2 rings (SSSR count). The Labute approximate surface area is 113 Å². The Hall–Kier alpha value is -1.38. The molecule has 0 radical (unpaired) electrons. The molecule has 0 atom stereocenters. The van der Waals surface area contributed by atoms with E-state index in [9.17, 15) is 8.42 Å². The van der Waals surface area contributed by atoms with E-state index in [4.69, 9.17) is 0 Å². The van der Waals surface area contributed by atoms with E-state index in [1.165, 1.54) is 24.7 Å². The SMILES string of the molecule is O=S(=O)(NCc1cccnn1)c1cncc(Br)c1. The summed E-state index contributed by atoms with van der Waals surface area (Å²) in [6.07, 6.45) is 4.32. The van der Waals surface area contributed by atoms with Gasteiger partial charge < -0.3 is 0 Å². The molecular formula is C10H9BrN4O2S. The molecule has 1 N–H and O–H groups in total. The van der Waals surface area contributed by atoms with Gasteiger partial charge in [0.1, 0.15) is 4.90 Å². The van der Waals surface area contributed by atoms with Crippen molar-refractivity contribution in [3.05, 3.63) is 47.0 Å². The molecule has 0 saturated heterocycles. The van der Waals surface area contributed by atoms with Crippen molar-refractivity contribution < 1.29 is 8.42 Å². The first-order chi connectivity index (χ1) is 8.58. The monoisotopic (exact) mass is 328 g/mol. The van der Waals surface area contributed by atoms with Gasteiger partial charge in [-0.25, -0.2) is 13.1 Å². The second kappa shape index (κ2) is 5.51. The highest BCUT2D eigenvalue weighted by atomic mass is 79.9. The van der Waals surface area contributed by atoms with Crippen LogP contribution in [0.1, 0.15) is 5.69 Å². The first kappa shape index (κ1) is 13.1. The maximum Gasteiger partial charge on any atom is 0.242 e. The highest BCUT2D eigenvalue weighted by Gasteiger charge is 2.14. The van der Waals surface area contributed by atoms with Gasteiger partial charge >= 0.3 is 0 Å². The van der Waals surface area contributed by atoms with Crippen molar-refractivity contribution in [1.82, 2.24) is 19.9 Å². The van der Waals surface area contributed by atoms with Gasteiger partial charge in [0.05, 0.1) is 12.2 Å². The van der Waals surface area contributed by atoms with E-state index in [-0.39, 0.29) is 11.4 Å². The molecule has 0 aliphatic rings. The smallest absolute Gasteiger partial charge is 0.242 e. The van der Waals surface area contributed by atoms with E-state index in [1.807, 2.05) is 0 Å². The van der Waals surface area contributed by atoms with E-state index in [0.29, 0.717) is 10.2 Å². The number of nitrogens with zero attached hydrogens (tertiary/aromatic N) is 3. The zero-order valence-corrected chi connectivity index (χ0v) is 11.5. The van der Waals surface area contributed by atoms with Crippen LogP contribution < -0.4 is 4.72 Å². The minimum Gasteiger partial charge on any atom is -0.262 e. The summed E-state index contributed by atoms with van der Waals surface area (Å²) in [4.78, 5) is 3.91. The van der Waals surface area contributed by atoms with Gasteiger partial charge in [-0.1, -0.05) is 0 Å². The van der Waals surface area contributed by atoms with E-state index in [0.717, 1.165) is 0 Å². The number of hydrogen-bond acceptors (Lipinski definition) is 5. The Kier molecular flexibility index (Phi) is 4.00. The number of aromatic nitrogens is 3. The van der Waals surface area contributed by atoms with Crippen molar-refractivity contribution in [3.63, 3.8) is 0 Å². The summed E-state index contributed by atoms with van der Waals surface area (Å²) in [6, 6.07) is 4.86. The number of hydrogen-bond donors (Lipinski definition) is 1. The molecular weight excluding hydrogens is 320 g/mol. The van der Waals surface area contributed by atoms with Crippen molar-refractivity contribution in [2.45, 2.75) is 11.4 Å². The second-order valence-electron chi connectivity index (χ2n) is 3.38.